The Balaban J connectivity index is 2.24. The molecule has 1 nitrogen and oxygen atoms in total. The Hall–Kier alpha value is -0.110. The van der Waals surface area contributed by atoms with Crippen LogP contribution in [-0.4, -0.2) is 19.3 Å². The lowest BCUT2D eigenvalue weighted by molar-refractivity contribution is 0.187. The molecule has 60 valence electrons. The molecule has 0 amide bonds. The van der Waals surface area contributed by atoms with Crippen molar-refractivity contribution >= 4 is 0 Å². The van der Waals surface area contributed by atoms with E-state index in [1.807, 2.05) is 6.92 Å². The maximum absolute atomic E-state index is 13.0. The summed E-state index contributed by atoms with van der Waals surface area (Å²) < 4.78 is 13.0. The Kier molecular flexibility index (Phi) is 3.13. The van der Waals surface area contributed by atoms with Gasteiger partial charge < -0.3 is 5.32 Å². The van der Waals surface area contributed by atoms with E-state index in [0.717, 1.165) is 25.9 Å². The van der Waals surface area contributed by atoms with Gasteiger partial charge in [-0.05, 0) is 25.8 Å². The largest absolute Gasteiger partial charge is 0.316 e. The molecule has 0 aliphatic carbocycles. The van der Waals surface area contributed by atoms with Crippen LogP contribution < -0.4 is 5.32 Å². The Morgan fingerprint density at radius 3 is 3.00 bits per heavy atom. The number of hydrogen-bond acceptors (Lipinski definition) is 1. The molecule has 1 aliphatic rings. The maximum atomic E-state index is 13.0. The van der Waals surface area contributed by atoms with Crippen LogP contribution in [0.1, 0.15) is 26.2 Å². The molecule has 1 rings (SSSR count). The van der Waals surface area contributed by atoms with Crippen molar-refractivity contribution in [1.29, 1.82) is 0 Å². The second-order valence-electron chi connectivity index (χ2n) is 3.03. The summed E-state index contributed by atoms with van der Waals surface area (Å²) in [6.45, 7) is 3.88. The Labute approximate surface area is 62.0 Å². The standard InChI is InChI=1S/C8H16FN/c1-2-8(9)7-4-3-5-10-6-7/h7-8,10H,2-6H2,1H3/t7-,8+/m1/s1. The molecule has 0 aromatic rings. The molecule has 2 atom stereocenters. The highest BCUT2D eigenvalue weighted by Crippen LogP contribution is 2.18. The molecule has 0 radical (unpaired) electrons. The molecule has 0 aromatic carbocycles. The second-order valence-corrected chi connectivity index (χ2v) is 3.03. The molecule has 2 heteroatoms. The van der Waals surface area contributed by atoms with E-state index in [4.69, 9.17) is 0 Å². The number of alkyl halides is 1. The molecular formula is C8H16FN. The summed E-state index contributed by atoms with van der Waals surface area (Å²) in [4.78, 5) is 0. The maximum Gasteiger partial charge on any atom is 0.104 e. The first-order valence-electron chi connectivity index (χ1n) is 4.19. The average Bonchev–Trinajstić information content (AvgIpc) is 2.05. The van der Waals surface area contributed by atoms with E-state index in [0.29, 0.717) is 12.3 Å². The molecule has 1 heterocycles. The molecule has 1 aliphatic heterocycles. The summed E-state index contributed by atoms with van der Waals surface area (Å²) in [5.74, 6) is 0.291. The Morgan fingerprint density at radius 2 is 2.50 bits per heavy atom. The van der Waals surface area contributed by atoms with Crippen LogP contribution in [0.2, 0.25) is 0 Å². The summed E-state index contributed by atoms with van der Waals surface area (Å²) in [6, 6.07) is 0. The molecule has 0 unspecified atom stereocenters. The van der Waals surface area contributed by atoms with Gasteiger partial charge in [0.2, 0.25) is 0 Å². The Morgan fingerprint density at radius 1 is 1.70 bits per heavy atom. The van der Waals surface area contributed by atoms with Crippen molar-refractivity contribution in [3.8, 4) is 0 Å². The van der Waals surface area contributed by atoms with Gasteiger partial charge in [0.1, 0.15) is 6.17 Å². The third kappa shape index (κ3) is 1.94. The highest BCUT2D eigenvalue weighted by atomic mass is 19.1. The van der Waals surface area contributed by atoms with Crippen LogP contribution in [0.5, 0.6) is 0 Å². The zero-order chi connectivity index (χ0) is 7.40. The first-order valence-corrected chi connectivity index (χ1v) is 4.19. The molecule has 1 saturated heterocycles. The monoisotopic (exact) mass is 145 g/mol. The lowest BCUT2D eigenvalue weighted by Gasteiger charge is -2.24. The van der Waals surface area contributed by atoms with Crippen LogP contribution in [0.25, 0.3) is 0 Å². The molecule has 0 spiro atoms. The minimum Gasteiger partial charge on any atom is -0.316 e. The summed E-state index contributed by atoms with van der Waals surface area (Å²) in [7, 11) is 0. The number of halogens is 1. The second kappa shape index (κ2) is 3.91. The lowest BCUT2D eigenvalue weighted by atomic mass is 9.93. The predicted octanol–water partition coefficient (Wildman–Crippen LogP) is 1.73. The zero-order valence-electron chi connectivity index (χ0n) is 6.57. The minimum atomic E-state index is -0.576. The molecule has 0 aromatic heterocycles. The summed E-state index contributed by atoms with van der Waals surface area (Å²) in [5, 5.41) is 3.21. The van der Waals surface area contributed by atoms with E-state index in [-0.39, 0.29) is 0 Å². The van der Waals surface area contributed by atoms with Gasteiger partial charge >= 0.3 is 0 Å². The summed E-state index contributed by atoms with van der Waals surface area (Å²) in [5.41, 5.74) is 0. The van der Waals surface area contributed by atoms with E-state index in [2.05, 4.69) is 5.32 Å². The summed E-state index contributed by atoms with van der Waals surface area (Å²) in [6.07, 6.45) is 2.31. The van der Waals surface area contributed by atoms with E-state index in [9.17, 15) is 4.39 Å². The molecule has 0 saturated carbocycles. The van der Waals surface area contributed by atoms with Crippen LogP contribution in [0, 0.1) is 5.92 Å². The van der Waals surface area contributed by atoms with Crippen molar-refractivity contribution in [3.05, 3.63) is 0 Å². The zero-order valence-corrected chi connectivity index (χ0v) is 6.57. The minimum absolute atomic E-state index is 0.291. The SMILES string of the molecule is CC[C@H](F)[C@@H]1CCCNC1. The molecule has 1 N–H and O–H groups in total. The van der Waals surface area contributed by atoms with Crippen molar-refractivity contribution in [3.63, 3.8) is 0 Å². The van der Waals surface area contributed by atoms with Crippen molar-refractivity contribution < 1.29 is 4.39 Å². The fourth-order valence-electron chi connectivity index (χ4n) is 1.52. The van der Waals surface area contributed by atoms with Gasteiger partial charge in [-0.25, -0.2) is 4.39 Å². The van der Waals surface area contributed by atoms with E-state index in [1.165, 1.54) is 0 Å². The van der Waals surface area contributed by atoms with Gasteiger partial charge in [-0.3, -0.25) is 0 Å². The topological polar surface area (TPSA) is 12.0 Å². The van der Waals surface area contributed by atoms with Gasteiger partial charge in [-0.2, -0.15) is 0 Å². The normalized spacial score (nSPS) is 30.0. The molecule has 1 fully saturated rings. The quantitative estimate of drug-likeness (QED) is 0.624. The first kappa shape index (κ1) is 7.99. The van der Waals surface area contributed by atoms with E-state index >= 15 is 0 Å². The van der Waals surface area contributed by atoms with Crippen molar-refractivity contribution in [2.75, 3.05) is 13.1 Å². The molecule has 0 bridgehead atoms. The van der Waals surface area contributed by atoms with Crippen LogP contribution in [0.15, 0.2) is 0 Å². The average molecular weight is 145 g/mol. The fraction of sp³-hybridized carbons (Fsp3) is 1.00. The van der Waals surface area contributed by atoms with Gasteiger partial charge in [-0.1, -0.05) is 6.92 Å². The smallest absolute Gasteiger partial charge is 0.104 e. The number of nitrogens with one attached hydrogen (secondary N) is 1. The summed E-state index contributed by atoms with van der Waals surface area (Å²) >= 11 is 0. The molecule has 10 heavy (non-hydrogen) atoms. The van der Waals surface area contributed by atoms with Crippen molar-refractivity contribution in [1.82, 2.24) is 5.32 Å². The van der Waals surface area contributed by atoms with Crippen LogP contribution in [-0.2, 0) is 0 Å². The van der Waals surface area contributed by atoms with Crippen LogP contribution >= 0.6 is 0 Å². The van der Waals surface area contributed by atoms with Crippen LogP contribution in [0.4, 0.5) is 4.39 Å². The van der Waals surface area contributed by atoms with Gasteiger partial charge in [-0.15, -0.1) is 0 Å². The first-order chi connectivity index (χ1) is 4.84. The van der Waals surface area contributed by atoms with Gasteiger partial charge in [0.15, 0.2) is 0 Å². The Bertz CT molecular complexity index is 89.3. The predicted molar refractivity (Wildman–Crippen MR) is 40.8 cm³/mol. The van der Waals surface area contributed by atoms with Gasteiger partial charge in [0.25, 0.3) is 0 Å². The highest BCUT2D eigenvalue weighted by Gasteiger charge is 2.20. The van der Waals surface area contributed by atoms with Gasteiger partial charge in [0.05, 0.1) is 0 Å². The highest BCUT2D eigenvalue weighted by molar-refractivity contribution is 4.74. The van der Waals surface area contributed by atoms with Gasteiger partial charge in [0, 0.05) is 12.5 Å². The molecular weight excluding hydrogens is 129 g/mol. The van der Waals surface area contributed by atoms with Crippen molar-refractivity contribution in [2.45, 2.75) is 32.4 Å². The third-order valence-corrected chi connectivity index (χ3v) is 2.24. The fourth-order valence-corrected chi connectivity index (χ4v) is 1.52. The van der Waals surface area contributed by atoms with E-state index in [1.54, 1.807) is 0 Å². The number of rotatable bonds is 2. The van der Waals surface area contributed by atoms with E-state index < -0.39 is 6.17 Å². The lowest BCUT2D eigenvalue weighted by Crippen LogP contribution is -2.34. The van der Waals surface area contributed by atoms with Crippen LogP contribution in [0.3, 0.4) is 0 Å². The third-order valence-electron chi connectivity index (χ3n) is 2.24. The number of piperidine rings is 1. The number of hydrogen-bond donors (Lipinski definition) is 1. The van der Waals surface area contributed by atoms with Crippen molar-refractivity contribution in [2.24, 2.45) is 5.92 Å².